The number of aliphatic hydroxyl groups is 1. The maximum atomic E-state index is 8.71. The molecule has 0 aliphatic carbocycles. The number of nitrogens with zero attached hydrogens (tertiary/aromatic N) is 2. The van der Waals surface area contributed by atoms with Gasteiger partial charge in [0.15, 0.2) is 5.15 Å². The molecule has 0 aromatic carbocycles. The lowest BCUT2D eigenvalue weighted by Crippen LogP contribution is -2.20. The van der Waals surface area contributed by atoms with Crippen LogP contribution in [0.25, 0.3) is 0 Å². The summed E-state index contributed by atoms with van der Waals surface area (Å²) in [5.41, 5.74) is 0. The number of aromatic nitrogens is 2. The fraction of sp³-hybridized carbons (Fsp3) is 0.429. The molecule has 12 heavy (non-hydrogen) atoms. The van der Waals surface area contributed by atoms with E-state index in [1.54, 1.807) is 12.1 Å². The average molecular weight is 188 g/mol. The molecule has 0 amide bonds. The summed E-state index contributed by atoms with van der Waals surface area (Å²) in [6.07, 6.45) is 0. The minimum atomic E-state index is -0.0273. The lowest BCUT2D eigenvalue weighted by atomic mass is 10.3. The molecular formula is C7H10ClN3O. The summed E-state index contributed by atoms with van der Waals surface area (Å²) in [6, 6.07) is 3.32. The van der Waals surface area contributed by atoms with Gasteiger partial charge in [0.2, 0.25) is 0 Å². The van der Waals surface area contributed by atoms with Gasteiger partial charge in [-0.15, -0.1) is 10.2 Å². The van der Waals surface area contributed by atoms with Gasteiger partial charge < -0.3 is 10.4 Å². The molecule has 4 nitrogen and oxygen atoms in total. The normalized spacial score (nSPS) is 12.6. The summed E-state index contributed by atoms with van der Waals surface area (Å²) in [4.78, 5) is 0. The van der Waals surface area contributed by atoms with Gasteiger partial charge in [0.05, 0.1) is 6.61 Å². The zero-order valence-corrected chi connectivity index (χ0v) is 7.41. The number of nitrogens with one attached hydrogen (secondary N) is 1. The second-order valence-electron chi connectivity index (χ2n) is 2.47. The van der Waals surface area contributed by atoms with Crippen LogP contribution in [0.1, 0.15) is 6.92 Å². The number of hydrogen-bond donors (Lipinski definition) is 2. The molecule has 0 aliphatic heterocycles. The summed E-state index contributed by atoms with van der Waals surface area (Å²) in [5.74, 6) is 0.612. The Balaban J connectivity index is 2.58. The van der Waals surface area contributed by atoms with E-state index < -0.39 is 0 Å². The van der Waals surface area contributed by atoms with E-state index >= 15 is 0 Å². The first kappa shape index (κ1) is 9.22. The highest BCUT2D eigenvalue weighted by molar-refractivity contribution is 6.29. The van der Waals surface area contributed by atoms with Crippen LogP contribution < -0.4 is 5.32 Å². The molecule has 1 heterocycles. The first-order chi connectivity index (χ1) is 5.72. The van der Waals surface area contributed by atoms with Crippen molar-refractivity contribution < 1.29 is 5.11 Å². The van der Waals surface area contributed by atoms with E-state index in [1.165, 1.54) is 0 Å². The highest BCUT2D eigenvalue weighted by Gasteiger charge is 2.00. The van der Waals surface area contributed by atoms with Gasteiger partial charge in [-0.25, -0.2) is 0 Å². The summed E-state index contributed by atoms with van der Waals surface area (Å²) in [5, 5.41) is 19.4. The van der Waals surface area contributed by atoms with Crippen LogP contribution in [0.3, 0.4) is 0 Å². The van der Waals surface area contributed by atoms with Crippen molar-refractivity contribution in [1.29, 1.82) is 0 Å². The van der Waals surface area contributed by atoms with Crippen molar-refractivity contribution in [3.63, 3.8) is 0 Å². The Bertz CT molecular complexity index is 239. The van der Waals surface area contributed by atoms with Gasteiger partial charge in [0.25, 0.3) is 0 Å². The second kappa shape index (κ2) is 4.23. The van der Waals surface area contributed by atoms with Crippen LogP contribution in [0.2, 0.25) is 5.15 Å². The monoisotopic (exact) mass is 187 g/mol. The van der Waals surface area contributed by atoms with Crippen LogP contribution in [-0.2, 0) is 0 Å². The Morgan fingerprint density at radius 2 is 2.33 bits per heavy atom. The Morgan fingerprint density at radius 1 is 1.58 bits per heavy atom. The minimum absolute atomic E-state index is 0.0273. The van der Waals surface area contributed by atoms with Crippen molar-refractivity contribution in [3.8, 4) is 0 Å². The van der Waals surface area contributed by atoms with Gasteiger partial charge in [0.1, 0.15) is 5.82 Å². The molecule has 0 radical (unpaired) electrons. The van der Waals surface area contributed by atoms with Crippen molar-refractivity contribution in [3.05, 3.63) is 17.3 Å². The van der Waals surface area contributed by atoms with Gasteiger partial charge >= 0.3 is 0 Å². The molecule has 0 saturated carbocycles. The van der Waals surface area contributed by atoms with E-state index in [9.17, 15) is 0 Å². The average Bonchev–Trinajstić information content (AvgIpc) is 2.09. The Hall–Kier alpha value is -0.870. The largest absolute Gasteiger partial charge is 0.394 e. The van der Waals surface area contributed by atoms with Crippen molar-refractivity contribution in [1.82, 2.24) is 10.2 Å². The first-order valence-electron chi connectivity index (χ1n) is 3.59. The quantitative estimate of drug-likeness (QED) is 0.739. The molecule has 0 fully saturated rings. The third kappa shape index (κ3) is 2.64. The van der Waals surface area contributed by atoms with E-state index in [2.05, 4.69) is 15.5 Å². The highest BCUT2D eigenvalue weighted by atomic mass is 35.5. The van der Waals surface area contributed by atoms with Crippen LogP contribution >= 0.6 is 11.6 Å². The van der Waals surface area contributed by atoms with E-state index in [0.29, 0.717) is 11.0 Å². The third-order valence-corrected chi connectivity index (χ3v) is 1.50. The molecule has 0 bridgehead atoms. The molecule has 1 atom stereocenters. The predicted molar refractivity (Wildman–Crippen MR) is 47.2 cm³/mol. The van der Waals surface area contributed by atoms with E-state index in [-0.39, 0.29) is 12.6 Å². The number of halogens is 1. The summed E-state index contributed by atoms with van der Waals surface area (Å²) < 4.78 is 0. The lowest BCUT2D eigenvalue weighted by Gasteiger charge is -2.09. The van der Waals surface area contributed by atoms with Gasteiger partial charge in [0, 0.05) is 6.04 Å². The van der Waals surface area contributed by atoms with Crippen LogP contribution in [0.4, 0.5) is 5.82 Å². The third-order valence-electron chi connectivity index (χ3n) is 1.30. The number of aliphatic hydroxyl groups excluding tert-OH is 1. The first-order valence-corrected chi connectivity index (χ1v) is 3.97. The molecule has 2 N–H and O–H groups in total. The van der Waals surface area contributed by atoms with Gasteiger partial charge in [-0.1, -0.05) is 11.6 Å². The number of anilines is 1. The van der Waals surface area contributed by atoms with Crippen LogP contribution in [0.15, 0.2) is 12.1 Å². The molecule has 1 aromatic rings. The number of hydrogen-bond acceptors (Lipinski definition) is 4. The Kier molecular flexibility index (Phi) is 3.25. The highest BCUT2D eigenvalue weighted by Crippen LogP contribution is 2.06. The standard InChI is InChI=1S/C7H10ClN3O/c1-5(4-12)9-7-3-2-6(8)10-11-7/h2-3,5,12H,4H2,1H3,(H,9,11). The molecule has 1 aromatic heterocycles. The predicted octanol–water partition coefficient (Wildman–Crippen LogP) is 0.923. The summed E-state index contributed by atoms with van der Waals surface area (Å²) in [7, 11) is 0. The molecular weight excluding hydrogens is 178 g/mol. The fourth-order valence-electron chi connectivity index (χ4n) is 0.691. The van der Waals surface area contributed by atoms with Crippen LogP contribution in [-0.4, -0.2) is 28.0 Å². The molecule has 66 valence electrons. The molecule has 0 spiro atoms. The van der Waals surface area contributed by atoms with E-state index in [4.69, 9.17) is 16.7 Å². The van der Waals surface area contributed by atoms with Crippen molar-refractivity contribution >= 4 is 17.4 Å². The molecule has 0 saturated heterocycles. The Morgan fingerprint density at radius 3 is 2.83 bits per heavy atom. The fourth-order valence-corrected chi connectivity index (χ4v) is 0.792. The van der Waals surface area contributed by atoms with Crippen LogP contribution in [0, 0.1) is 0 Å². The molecule has 5 heteroatoms. The summed E-state index contributed by atoms with van der Waals surface area (Å²) in [6.45, 7) is 1.90. The van der Waals surface area contributed by atoms with Crippen LogP contribution in [0.5, 0.6) is 0 Å². The van der Waals surface area contributed by atoms with Crippen molar-refractivity contribution in [2.75, 3.05) is 11.9 Å². The minimum Gasteiger partial charge on any atom is -0.394 e. The van der Waals surface area contributed by atoms with Gasteiger partial charge in [-0.05, 0) is 19.1 Å². The summed E-state index contributed by atoms with van der Waals surface area (Å²) >= 11 is 5.53. The van der Waals surface area contributed by atoms with E-state index in [1.807, 2.05) is 6.92 Å². The van der Waals surface area contributed by atoms with E-state index in [0.717, 1.165) is 0 Å². The topological polar surface area (TPSA) is 58.0 Å². The van der Waals surface area contributed by atoms with Crippen molar-refractivity contribution in [2.45, 2.75) is 13.0 Å². The SMILES string of the molecule is CC(CO)Nc1ccc(Cl)nn1. The molecule has 0 aliphatic rings. The smallest absolute Gasteiger partial charge is 0.151 e. The molecule has 1 unspecified atom stereocenters. The Labute approximate surface area is 75.6 Å². The maximum absolute atomic E-state index is 8.71. The number of rotatable bonds is 3. The second-order valence-corrected chi connectivity index (χ2v) is 2.86. The molecule has 1 rings (SSSR count). The van der Waals surface area contributed by atoms with Gasteiger partial charge in [-0.2, -0.15) is 0 Å². The maximum Gasteiger partial charge on any atom is 0.151 e. The lowest BCUT2D eigenvalue weighted by molar-refractivity contribution is 0.281. The van der Waals surface area contributed by atoms with Gasteiger partial charge in [-0.3, -0.25) is 0 Å². The zero-order valence-electron chi connectivity index (χ0n) is 6.66. The zero-order chi connectivity index (χ0) is 8.97. The van der Waals surface area contributed by atoms with Crippen molar-refractivity contribution in [2.24, 2.45) is 0 Å².